The second kappa shape index (κ2) is 5.27. The van der Waals surface area contributed by atoms with Gasteiger partial charge in [0.2, 0.25) is 15.9 Å². The summed E-state index contributed by atoms with van der Waals surface area (Å²) in [5.41, 5.74) is 0. The molecule has 1 fully saturated rings. The molecule has 0 spiro atoms. The predicted octanol–water partition coefficient (Wildman–Crippen LogP) is 0.223. The van der Waals surface area contributed by atoms with E-state index in [9.17, 15) is 13.2 Å². The lowest BCUT2D eigenvalue weighted by atomic mass is 10.4. The summed E-state index contributed by atoms with van der Waals surface area (Å²) in [5, 5.41) is 0. The van der Waals surface area contributed by atoms with E-state index in [2.05, 4.69) is 15.9 Å². The summed E-state index contributed by atoms with van der Waals surface area (Å²) in [6.45, 7) is 1.44. The molecule has 0 bridgehead atoms. The van der Waals surface area contributed by atoms with Crippen LogP contribution < -0.4 is 0 Å². The highest BCUT2D eigenvalue weighted by Gasteiger charge is 2.23. The number of hydrogen-bond acceptors (Lipinski definition) is 3. The summed E-state index contributed by atoms with van der Waals surface area (Å²) >= 11 is 2.89. The standard InChI is InChI=1S/C8H15BrN2O3S/c1-10(15(13,14)7-9)6-8(12)11-4-2-3-5-11/h2-7H2,1H3. The quantitative estimate of drug-likeness (QED) is 0.698. The number of sulfonamides is 1. The largest absolute Gasteiger partial charge is 0.342 e. The van der Waals surface area contributed by atoms with Crippen molar-refractivity contribution in [2.75, 3.05) is 31.3 Å². The molecule has 5 nitrogen and oxygen atoms in total. The fourth-order valence-corrected chi connectivity index (χ4v) is 2.96. The minimum absolute atomic E-state index is 0.0616. The average molecular weight is 299 g/mol. The third-order valence-corrected chi connectivity index (χ3v) is 5.52. The number of amides is 1. The molecule has 0 unspecified atom stereocenters. The third-order valence-electron chi connectivity index (χ3n) is 2.43. The van der Waals surface area contributed by atoms with Crippen molar-refractivity contribution in [3.63, 3.8) is 0 Å². The number of likely N-dealkylation sites (tertiary alicyclic amines) is 1. The van der Waals surface area contributed by atoms with Gasteiger partial charge in [0.05, 0.1) is 6.54 Å². The van der Waals surface area contributed by atoms with E-state index in [4.69, 9.17) is 0 Å². The van der Waals surface area contributed by atoms with Gasteiger partial charge in [-0.1, -0.05) is 15.9 Å². The van der Waals surface area contributed by atoms with Gasteiger partial charge in [-0.25, -0.2) is 8.42 Å². The third kappa shape index (κ3) is 3.42. The van der Waals surface area contributed by atoms with Crippen molar-refractivity contribution >= 4 is 31.9 Å². The fraction of sp³-hybridized carbons (Fsp3) is 0.875. The van der Waals surface area contributed by atoms with Gasteiger partial charge in [0.25, 0.3) is 0 Å². The first-order valence-corrected chi connectivity index (χ1v) is 7.48. The number of likely N-dealkylation sites (N-methyl/N-ethyl adjacent to an activating group) is 1. The van der Waals surface area contributed by atoms with Crippen molar-refractivity contribution in [1.29, 1.82) is 0 Å². The summed E-state index contributed by atoms with van der Waals surface area (Å²) in [4.78, 5) is 13.3. The number of halogens is 1. The second-order valence-corrected chi connectivity index (χ2v) is 6.94. The molecule has 15 heavy (non-hydrogen) atoms. The molecule has 1 amide bonds. The van der Waals surface area contributed by atoms with Gasteiger partial charge in [-0.3, -0.25) is 4.79 Å². The smallest absolute Gasteiger partial charge is 0.237 e. The molecule has 0 aromatic carbocycles. The minimum Gasteiger partial charge on any atom is -0.342 e. The highest BCUT2D eigenvalue weighted by molar-refractivity contribution is 9.10. The molecule has 88 valence electrons. The normalized spacial score (nSPS) is 17.4. The molecule has 0 aromatic rings. The van der Waals surface area contributed by atoms with E-state index in [1.54, 1.807) is 4.90 Å². The lowest BCUT2D eigenvalue weighted by molar-refractivity contribution is -0.130. The van der Waals surface area contributed by atoms with Crippen LogP contribution in [0.25, 0.3) is 0 Å². The number of hydrogen-bond donors (Lipinski definition) is 0. The maximum atomic E-state index is 11.6. The molecule has 0 N–H and O–H groups in total. The Morgan fingerprint density at radius 3 is 2.40 bits per heavy atom. The van der Waals surface area contributed by atoms with E-state index in [0.717, 1.165) is 30.2 Å². The van der Waals surface area contributed by atoms with Crippen molar-refractivity contribution < 1.29 is 13.2 Å². The zero-order chi connectivity index (χ0) is 11.5. The molecule has 1 rings (SSSR count). The summed E-state index contributed by atoms with van der Waals surface area (Å²) in [6.07, 6.45) is 2.03. The molecule has 1 aliphatic rings. The Morgan fingerprint density at radius 1 is 1.40 bits per heavy atom. The molecule has 0 saturated carbocycles. The van der Waals surface area contributed by atoms with Gasteiger partial charge in [0.15, 0.2) is 0 Å². The first kappa shape index (κ1) is 12.9. The van der Waals surface area contributed by atoms with E-state index in [0.29, 0.717) is 0 Å². The van der Waals surface area contributed by atoms with Crippen molar-refractivity contribution in [2.45, 2.75) is 12.8 Å². The van der Waals surface area contributed by atoms with Crippen LogP contribution in [-0.2, 0) is 14.8 Å². The second-order valence-electron chi connectivity index (χ2n) is 3.56. The zero-order valence-electron chi connectivity index (χ0n) is 8.65. The van der Waals surface area contributed by atoms with Crippen molar-refractivity contribution in [3.05, 3.63) is 0 Å². The lowest BCUT2D eigenvalue weighted by Crippen LogP contribution is -2.40. The van der Waals surface area contributed by atoms with Crippen LogP contribution in [0.5, 0.6) is 0 Å². The Morgan fingerprint density at radius 2 is 1.93 bits per heavy atom. The van der Waals surface area contributed by atoms with Crippen LogP contribution in [0.4, 0.5) is 0 Å². The summed E-state index contributed by atoms with van der Waals surface area (Å²) in [5.74, 6) is -0.112. The van der Waals surface area contributed by atoms with E-state index in [-0.39, 0.29) is 17.1 Å². The van der Waals surface area contributed by atoms with E-state index >= 15 is 0 Å². The van der Waals surface area contributed by atoms with Gasteiger partial charge in [0, 0.05) is 20.1 Å². The van der Waals surface area contributed by atoms with E-state index < -0.39 is 10.0 Å². The number of alkyl halides is 1. The van der Waals surface area contributed by atoms with E-state index in [1.165, 1.54) is 7.05 Å². The molecule has 0 aromatic heterocycles. The van der Waals surface area contributed by atoms with Crippen molar-refractivity contribution in [2.24, 2.45) is 0 Å². The van der Waals surface area contributed by atoms with Gasteiger partial charge >= 0.3 is 0 Å². The van der Waals surface area contributed by atoms with Crippen molar-refractivity contribution in [1.82, 2.24) is 9.21 Å². The molecule has 1 saturated heterocycles. The average Bonchev–Trinajstić information content (AvgIpc) is 2.70. The van der Waals surface area contributed by atoms with Gasteiger partial charge in [-0.05, 0) is 12.8 Å². The topological polar surface area (TPSA) is 57.7 Å². The van der Waals surface area contributed by atoms with Gasteiger partial charge < -0.3 is 4.90 Å². The first-order chi connectivity index (χ1) is 6.97. The van der Waals surface area contributed by atoms with Crippen LogP contribution in [0.1, 0.15) is 12.8 Å². The Hall–Kier alpha value is -0.140. The summed E-state index contributed by atoms with van der Waals surface area (Å²) in [7, 11) is -1.90. The predicted molar refractivity (Wildman–Crippen MR) is 61.2 cm³/mol. The van der Waals surface area contributed by atoms with Crippen LogP contribution >= 0.6 is 15.9 Å². The fourth-order valence-electron chi connectivity index (χ4n) is 1.44. The highest BCUT2D eigenvalue weighted by Crippen LogP contribution is 2.09. The number of nitrogens with zero attached hydrogens (tertiary/aromatic N) is 2. The summed E-state index contributed by atoms with van der Waals surface area (Å²) < 4.78 is 23.7. The molecule has 0 radical (unpaired) electrons. The van der Waals surface area contributed by atoms with Crippen LogP contribution in [0, 0.1) is 0 Å². The van der Waals surface area contributed by atoms with Crippen molar-refractivity contribution in [3.8, 4) is 0 Å². The molecule has 7 heteroatoms. The number of carbonyl (C=O) groups is 1. The minimum atomic E-state index is -3.32. The molecule has 1 heterocycles. The van der Waals surface area contributed by atoms with Crippen LogP contribution in [-0.4, -0.2) is 54.9 Å². The number of carbonyl (C=O) groups excluding carboxylic acids is 1. The first-order valence-electron chi connectivity index (χ1n) is 4.75. The van der Waals surface area contributed by atoms with Crippen LogP contribution in [0.15, 0.2) is 0 Å². The van der Waals surface area contributed by atoms with Gasteiger partial charge in [0.1, 0.15) is 4.66 Å². The molecular formula is C8H15BrN2O3S. The molecular weight excluding hydrogens is 284 g/mol. The number of rotatable bonds is 4. The molecule has 1 aliphatic heterocycles. The maximum absolute atomic E-state index is 11.6. The molecule has 0 aliphatic carbocycles. The Balaban J connectivity index is 2.51. The van der Waals surface area contributed by atoms with Crippen LogP contribution in [0.3, 0.4) is 0 Å². The Kier molecular flexibility index (Phi) is 4.54. The summed E-state index contributed by atoms with van der Waals surface area (Å²) in [6, 6.07) is 0. The van der Waals surface area contributed by atoms with Crippen LogP contribution in [0.2, 0.25) is 0 Å². The van der Waals surface area contributed by atoms with E-state index in [1.807, 2.05) is 0 Å². The Labute approximate surface area is 98.6 Å². The van der Waals surface area contributed by atoms with Gasteiger partial charge in [-0.2, -0.15) is 4.31 Å². The SMILES string of the molecule is CN(CC(=O)N1CCCC1)S(=O)(=O)CBr. The van der Waals surface area contributed by atoms with Gasteiger partial charge in [-0.15, -0.1) is 0 Å². The maximum Gasteiger partial charge on any atom is 0.237 e. The molecule has 0 atom stereocenters. The zero-order valence-corrected chi connectivity index (χ0v) is 11.1. The monoisotopic (exact) mass is 298 g/mol. The Bertz CT molecular complexity index is 325. The highest BCUT2D eigenvalue weighted by atomic mass is 79.9. The lowest BCUT2D eigenvalue weighted by Gasteiger charge is -2.20.